The predicted octanol–water partition coefficient (Wildman–Crippen LogP) is 5.23. The first-order valence-corrected chi connectivity index (χ1v) is 8.35. The molecule has 0 aliphatic rings. The normalized spacial score (nSPS) is 11.2. The summed E-state index contributed by atoms with van der Waals surface area (Å²) in [5.41, 5.74) is -2.07. The molecule has 1 amide bonds. The van der Waals surface area contributed by atoms with Gasteiger partial charge in [0.15, 0.2) is 11.6 Å². The number of nitrogens with one attached hydrogen (secondary N) is 2. The first kappa shape index (κ1) is 20.4. The summed E-state index contributed by atoms with van der Waals surface area (Å²) in [6.45, 7) is 0. The number of H-pyrrole nitrogens is 1. The monoisotopic (exact) mass is 426 g/mol. The molecule has 0 saturated carbocycles. The van der Waals surface area contributed by atoms with E-state index < -0.39 is 34.6 Å². The number of hydrogen-bond acceptors (Lipinski definition) is 3. The molecular weight excluding hydrogens is 416 g/mol. The number of alkyl halides is 3. The lowest BCUT2D eigenvalue weighted by Crippen LogP contribution is -2.16. The Bertz CT molecular complexity index is 1130. The van der Waals surface area contributed by atoms with E-state index in [0.717, 1.165) is 18.2 Å². The van der Waals surface area contributed by atoms with Crippen molar-refractivity contribution < 1.29 is 27.1 Å². The fourth-order valence-electron chi connectivity index (χ4n) is 2.37. The summed E-state index contributed by atoms with van der Waals surface area (Å²) in [6.07, 6.45) is -3.46. The van der Waals surface area contributed by atoms with Gasteiger partial charge in [0, 0.05) is 23.0 Å². The molecule has 29 heavy (non-hydrogen) atoms. The maximum absolute atomic E-state index is 14.0. The number of aromatic amines is 1. The molecule has 10 heteroatoms. The highest BCUT2D eigenvalue weighted by atomic mass is 35.5. The summed E-state index contributed by atoms with van der Waals surface area (Å²) in [4.78, 5) is 26.2. The molecule has 0 saturated heterocycles. The Hall–Kier alpha value is -3.33. The Morgan fingerprint density at radius 3 is 2.41 bits per heavy atom. The van der Waals surface area contributed by atoms with Crippen LogP contribution in [0.4, 0.5) is 23.2 Å². The molecule has 3 rings (SSSR count). The van der Waals surface area contributed by atoms with Crippen LogP contribution in [0.25, 0.3) is 0 Å². The Kier molecular flexibility index (Phi) is 5.60. The fourth-order valence-corrected chi connectivity index (χ4v) is 2.53. The van der Waals surface area contributed by atoms with Gasteiger partial charge in [0.1, 0.15) is 5.75 Å². The zero-order valence-corrected chi connectivity index (χ0v) is 15.1. The van der Waals surface area contributed by atoms with Gasteiger partial charge in [-0.3, -0.25) is 9.59 Å². The van der Waals surface area contributed by atoms with Gasteiger partial charge in [-0.2, -0.15) is 13.2 Å². The second-order valence-electron chi connectivity index (χ2n) is 5.78. The summed E-state index contributed by atoms with van der Waals surface area (Å²) < 4.78 is 58.6. The number of carbonyl (C=O) groups is 1. The summed E-state index contributed by atoms with van der Waals surface area (Å²) in [5.74, 6) is -2.50. The molecule has 0 atom stereocenters. The van der Waals surface area contributed by atoms with E-state index in [4.69, 9.17) is 16.3 Å². The van der Waals surface area contributed by atoms with Crippen molar-refractivity contribution in [2.24, 2.45) is 0 Å². The van der Waals surface area contributed by atoms with Crippen LogP contribution in [0.3, 0.4) is 0 Å². The van der Waals surface area contributed by atoms with Crippen molar-refractivity contribution in [3.63, 3.8) is 0 Å². The molecular formula is C19H11ClF4N2O3. The van der Waals surface area contributed by atoms with E-state index in [1.54, 1.807) is 0 Å². The second-order valence-corrected chi connectivity index (χ2v) is 6.22. The van der Waals surface area contributed by atoms with E-state index in [1.807, 2.05) is 0 Å². The number of rotatable bonds is 4. The maximum atomic E-state index is 14.0. The van der Waals surface area contributed by atoms with Crippen LogP contribution in [0, 0.1) is 5.82 Å². The number of halogens is 5. The van der Waals surface area contributed by atoms with Crippen molar-refractivity contribution in [1.29, 1.82) is 0 Å². The van der Waals surface area contributed by atoms with Gasteiger partial charge < -0.3 is 15.0 Å². The van der Waals surface area contributed by atoms with E-state index in [0.29, 0.717) is 12.1 Å². The van der Waals surface area contributed by atoms with Crippen molar-refractivity contribution in [3.05, 3.63) is 87.0 Å². The molecule has 1 heterocycles. The molecule has 2 N–H and O–H groups in total. The summed E-state index contributed by atoms with van der Waals surface area (Å²) in [5, 5.41) is 2.40. The van der Waals surface area contributed by atoms with Crippen LogP contribution in [-0.4, -0.2) is 10.9 Å². The van der Waals surface area contributed by atoms with Gasteiger partial charge in [-0.1, -0.05) is 11.6 Å². The quantitative estimate of drug-likeness (QED) is 0.561. The standard InChI is InChI=1S/C19H11ClF4N2O3/c20-11-2-4-16(14(21)8-11)29-15-3-1-10(19(22,23)24)7-13(15)18(28)26-12-5-6-25-17(27)9-12/h1-9H,(H2,25,26,27,28). The lowest BCUT2D eigenvalue weighted by atomic mass is 10.1. The number of hydrogen-bond donors (Lipinski definition) is 2. The Morgan fingerprint density at radius 1 is 1.03 bits per heavy atom. The van der Waals surface area contributed by atoms with Gasteiger partial charge in [-0.15, -0.1) is 0 Å². The van der Waals surface area contributed by atoms with Crippen molar-refractivity contribution in [2.75, 3.05) is 5.32 Å². The van der Waals surface area contributed by atoms with E-state index in [9.17, 15) is 27.2 Å². The van der Waals surface area contributed by atoms with E-state index in [2.05, 4.69) is 10.3 Å². The zero-order chi connectivity index (χ0) is 21.2. The number of aromatic nitrogens is 1. The number of ether oxygens (including phenoxy) is 1. The Balaban J connectivity index is 2.01. The van der Waals surface area contributed by atoms with Crippen LogP contribution >= 0.6 is 11.6 Å². The molecule has 2 aromatic carbocycles. The van der Waals surface area contributed by atoms with E-state index >= 15 is 0 Å². The lowest BCUT2D eigenvalue weighted by Gasteiger charge is -2.15. The summed E-state index contributed by atoms with van der Waals surface area (Å²) >= 11 is 5.66. The van der Waals surface area contributed by atoms with Crippen LogP contribution < -0.4 is 15.6 Å². The minimum absolute atomic E-state index is 0.0554. The molecule has 0 aliphatic heterocycles. The van der Waals surface area contributed by atoms with E-state index in [-0.39, 0.29) is 22.2 Å². The SMILES string of the molecule is O=C(Nc1cc[nH]c(=O)c1)c1cc(C(F)(F)F)ccc1Oc1ccc(Cl)cc1F. The third-order valence-electron chi connectivity index (χ3n) is 3.70. The van der Waals surface area contributed by atoms with Crippen molar-refractivity contribution >= 4 is 23.2 Å². The average molecular weight is 427 g/mol. The number of carbonyl (C=O) groups excluding carboxylic acids is 1. The molecule has 0 spiro atoms. The van der Waals surface area contributed by atoms with Crippen molar-refractivity contribution in [1.82, 2.24) is 4.98 Å². The first-order chi connectivity index (χ1) is 13.6. The van der Waals surface area contributed by atoms with Gasteiger partial charge in [0.25, 0.3) is 5.91 Å². The number of anilines is 1. The maximum Gasteiger partial charge on any atom is 0.416 e. The molecule has 0 bridgehead atoms. The average Bonchev–Trinajstić information content (AvgIpc) is 2.63. The summed E-state index contributed by atoms with van der Waals surface area (Å²) in [6, 6.07) is 8.02. The number of amides is 1. The molecule has 150 valence electrons. The van der Waals surface area contributed by atoms with Crippen molar-refractivity contribution in [3.8, 4) is 11.5 Å². The van der Waals surface area contributed by atoms with Gasteiger partial charge in [0.2, 0.25) is 5.56 Å². The summed E-state index contributed by atoms with van der Waals surface area (Å²) in [7, 11) is 0. The van der Waals surface area contributed by atoms with Gasteiger partial charge in [0.05, 0.1) is 11.1 Å². The molecule has 1 aromatic heterocycles. The Morgan fingerprint density at radius 2 is 1.76 bits per heavy atom. The first-order valence-electron chi connectivity index (χ1n) is 7.98. The molecule has 5 nitrogen and oxygen atoms in total. The molecule has 0 aliphatic carbocycles. The third kappa shape index (κ3) is 4.94. The highest BCUT2D eigenvalue weighted by molar-refractivity contribution is 6.30. The molecule has 0 fully saturated rings. The van der Waals surface area contributed by atoms with Crippen LogP contribution in [0.5, 0.6) is 11.5 Å². The van der Waals surface area contributed by atoms with Gasteiger partial charge in [-0.25, -0.2) is 4.39 Å². The fraction of sp³-hybridized carbons (Fsp3) is 0.0526. The number of benzene rings is 2. The van der Waals surface area contributed by atoms with Crippen LogP contribution in [0.1, 0.15) is 15.9 Å². The van der Waals surface area contributed by atoms with Gasteiger partial charge >= 0.3 is 6.18 Å². The zero-order valence-electron chi connectivity index (χ0n) is 14.3. The topological polar surface area (TPSA) is 71.2 Å². The smallest absolute Gasteiger partial charge is 0.416 e. The van der Waals surface area contributed by atoms with Crippen molar-refractivity contribution in [2.45, 2.75) is 6.18 Å². The highest BCUT2D eigenvalue weighted by Gasteiger charge is 2.32. The minimum atomic E-state index is -4.72. The number of pyridine rings is 1. The third-order valence-corrected chi connectivity index (χ3v) is 3.93. The Labute approximate surface area is 165 Å². The highest BCUT2D eigenvalue weighted by Crippen LogP contribution is 2.35. The van der Waals surface area contributed by atoms with Crippen LogP contribution in [0.15, 0.2) is 59.5 Å². The lowest BCUT2D eigenvalue weighted by molar-refractivity contribution is -0.137. The predicted molar refractivity (Wildman–Crippen MR) is 97.9 cm³/mol. The largest absolute Gasteiger partial charge is 0.453 e. The van der Waals surface area contributed by atoms with Crippen LogP contribution in [0.2, 0.25) is 5.02 Å². The van der Waals surface area contributed by atoms with E-state index in [1.165, 1.54) is 24.4 Å². The molecule has 0 unspecified atom stereocenters. The molecule has 3 aromatic rings. The van der Waals surface area contributed by atoms with Crippen LogP contribution in [-0.2, 0) is 6.18 Å². The molecule has 0 radical (unpaired) electrons. The minimum Gasteiger partial charge on any atom is -0.453 e. The second kappa shape index (κ2) is 7.96. The van der Waals surface area contributed by atoms with Gasteiger partial charge in [-0.05, 0) is 42.5 Å².